The molecule has 0 nitrogen and oxygen atoms in total. The maximum absolute atomic E-state index is 2.32. The topological polar surface area (TPSA) is 0 Å². The first-order valence-corrected chi connectivity index (χ1v) is 7.14. The van der Waals surface area contributed by atoms with Crippen LogP contribution in [-0.4, -0.2) is 12.0 Å². The fraction of sp³-hybridized carbons (Fsp3) is 0.600. The minimum atomic E-state index is 1.20. The number of halogens is 1. The van der Waals surface area contributed by atoms with E-state index in [1.165, 1.54) is 12.2 Å². The summed E-state index contributed by atoms with van der Waals surface area (Å²) in [6.45, 7) is 0. The molecule has 0 aromatic rings. The van der Waals surface area contributed by atoms with Crippen molar-refractivity contribution in [2.75, 3.05) is 12.0 Å². The van der Waals surface area contributed by atoms with E-state index in [2.05, 4.69) is 38.9 Å². The van der Waals surface area contributed by atoms with Crippen molar-refractivity contribution in [3.8, 4) is 0 Å². The van der Waals surface area contributed by atoms with Crippen molar-refractivity contribution in [2.24, 2.45) is 0 Å². The van der Waals surface area contributed by atoms with Crippen LogP contribution >= 0.6 is 41.9 Å². The molecule has 0 aromatic carbocycles. The Morgan fingerprint density at radius 3 is 2.88 bits per heavy atom. The molecule has 0 fully saturated rings. The van der Waals surface area contributed by atoms with Gasteiger partial charge in [0.25, 0.3) is 0 Å². The summed E-state index contributed by atoms with van der Waals surface area (Å²) in [7, 11) is 1.86. The van der Waals surface area contributed by atoms with Crippen molar-refractivity contribution in [3.05, 3.63) is 11.5 Å². The molecule has 48 valence electrons. The van der Waals surface area contributed by atoms with Crippen LogP contribution in [0.5, 0.6) is 0 Å². The lowest BCUT2D eigenvalue weighted by Gasteiger charge is -1.83. The normalized spacial score (nSPS) is 10.8. The highest BCUT2D eigenvalue weighted by Crippen LogP contribution is 2.12. The first-order chi connectivity index (χ1) is 3.91. The molecule has 0 saturated heterocycles. The van der Waals surface area contributed by atoms with E-state index in [0.29, 0.717) is 0 Å². The molecule has 0 aromatic heterocycles. The highest BCUT2D eigenvalue weighted by molar-refractivity contribution is 14.2. The molecular weight excluding hydrogens is 251 g/mol. The van der Waals surface area contributed by atoms with Gasteiger partial charge in [0.15, 0.2) is 0 Å². The molecule has 0 saturated carbocycles. The average Bonchev–Trinajstić information content (AvgIpc) is 1.81. The SMILES string of the molecule is CS/C=C\CCSI. The van der Waals surface area contributed by atoms with Crippen molar-refractivity contribution in [1.29, 1.82) is 0 Å². The van der Waals surface area contributed by atoms with Gasteiger partial charge in [-0.15, -0.1) is 11.8 Å². The molecule has 0 amide bonds. The Morgan fingerprint density at radius 1 is 1.62 bits per heavy atom. The van der Waals surface area contributed by atoms with Gasteiger partial charge in [0.05, 0.1) is 0 Å². The van der Waals surface area contributed by atoms with Crippen molar-refractivity contribution in [3.63, 3.8) is 0 Å². The van der Waals surface area contributed by atoms with Crippen LogP contribution in [0.3, 0.4) is 0 Å². The monoisotopic (exact) mass is 260 g/mol. The Bertz CT molecular complexity index is 63.4. The first kappa shape index (κ1) is 9.17. The number of hydrogen-bond acceptors (Lipinski definition) is 2. The van der Waals surface area contributed by atoms with E-state index in [9.17, 15) is 0 Å². The number of rotatable bonds is 4. The number of hydrogen-bond donors (Lipinski definition) is 0. The largest absolute Gasteiger partial charge is 0.138 e. The molecule has 0 N–H and O–H groups in total. The lowest BCUT2D eigenvalue weighted by atomic mass is 10.5. The Morgan fingerprint density at radius 2 is 2.38 bits per heavy atom. The van der Waals surface area contributed by atoms with E-state index in [4.69, 9.17) is 0 Å². The standard InChI is InChI=1S/C5H9IS2/c1-7-4-2-3-5-8-6/h2,4H,3,5H2,1H3/b4-2-. The molecule has 0 heterocycles. The van der Waals surface area contributed by atoms with Gasteiger partial charge in [-0.3, -0.25) is 0 Å². The van der Waals surface area contributed by atoms with Gasteiger partial charge in [0.1, 0.15) is 0 Å². The van der Waals surface area contributed by atoms with Crippen LogP contribution in [0.1, 0.15) is 6.42 Å². The molecule has 0 aliphatic carbocycles. The highest BCUT2D eigenvalue weighted by atomic mass is 127. The zero-order chi connectivity index (χ0) is 6.24. The average molecular weight is 260 g/mol. The Hall–Kier alpha value is 1.17. The smallest absolute Gasteiger partial charge is 0.00683 e. The van der Waals surface area contributed by atoms with E-state index in [1.54, 1.807) is 11.8 Å². The molecular formula is C5H9IS2. The lowest BCUT2D eigenvalue weighted by Crippen LogP contribution is -1.65. The van der Waals surface area contributed by atoms with Gasteiger partial charge >= 0.3 is 0 Å². The maximum Gasteiger partial charge on any atom is 0.00683 e. The van der Waals surface area contributed by atoms with Gasteiger partial charge in [-0.05, 0) is 39.3 Å². The third-order valence-electron chi connectivity index (χ3n) is 0.594. The number of allylic oxidation sites excluding steroid dienone is 1. The predicted molar refractivity (Wildman–Crippen MR) is 53.8 cm³/mol. The molecule has 0 bridgehead atoms. The summed E-state index contributed by atoms with van der Waals surface area (Å²) < 4.78 is 0. The predicted octanol–water partition coefficient (Wildman–Crippen LogP) is 3.34. The molecule has 0 unspecified atom stereocenters. The van der Waals surface area contributed by atoms with Crippen molar-refractivity contribution in [2.45, 2.75) is 6.42 Å². The van der Waals surface area contributed by atoms with E-state index in [1.807, 2.05) is 8.93 Å². The Kier molecular flexibility index (Phi) is 9.36. The summed E-state index contributed by atoms with van der Waals surface area (Å²) in [4.78, 5) is 0. The fourth-order valence-electron chi connectivity index (χ4n) is 0.277. The maximum atomic E-state index is 2.32. The second-order valence-corrected chi connectivity index (χ2v) is 4.45. The minimum absolute atomic E-state index is 1.20. The van der Waals surface area contributed by atoms with Gasteiger partial charge in [-0.1, -0.05) is 15.0 Å². The Labute approximate surface area is 71.5 Å². The van der Waals surface area contributed by atoms with Gasteiger partial charge in [-0.2, -0.15) is 0 Å². The van der Waals surface area contributed by atoms with Gasteiger partial charge in [0, 0.05) is 5.75 Å². The quantitative estimate of drug-likeness (QED) is 0.561. The van der Waals surface area contributed by atoms with E-state index >= 15 is 0 Å². The van der Waals surface area contributed by atoms with Crippen molar-refractivity contribution in [1.82, 2.24) is 0 Å². The molecule has 0 rings (SSSR count). The second-order valence-electron chi connectivity index (χ2n) is 1.21. The lowest BCUT2D eigenvalue weighted by molar-refractivity contribution is 1.26. The number of thioether (sulfide) groups is 1. The molecule has 0 aliphatic rings. The van der Waals surface area contributed by atoms with Gasteiger partial charge < -0.3 is 0 Å². The fourth-order valence-corrected chi connectivity index (χ4v) is 1.59. The summed E-state index contributed by atoms with van der Waals surface area (Å²) in [5, 5.41) is 2.13. The third kappa shape index (κ3) is 7.17. The second kappa shape index (κ2) is 8.17. The zero-order valence-corrected chi connectivity index (χ0v) is 8.55. The van der Waals surface area contributed by atoms with Crippen LogP contribution in [-0.2, 0) is 0 Å². The molecule has 3 heteroatoms. The molecule has 0 spiro atoms. The summed E-state index contributed by atoms with van der Waals surface area (Å²) in [5.74, 6) is 1.23. The van der Waals surface area contributed by atoms with Crippen LogP contribution in [0.15, 0.2) is 11.5 Å². The first-order valence-electron chi connectivity index (χ1n) is 2.33. The van der Waals surface area contributed by atoms with E-state index in [-0.39, 0.29) is 0 Å². The third-order valence-corrected chi connectivity index (χ3v) is 2.77. The van der Waals surface area contributed by atoms with Crippen LogP contribution in [0.4, 0.5) is 0 Å². The van der Waals surface area contributed by atoms with Gasteiger partial charge in [-0.25, -0.2) is 0 Å². The Balaban J connectivity index is 2.80. The van der Waals surface area contributed by atoms with Crippen LogP contribution in [0.2, 0.25) is 0 Å². The summed E-state index contributed by atoms with van der Waals surface area (Å²) in [5.41, 5.74) is 0. The van der Waals surface area contributed by atoms with Crippen molar-refractivity contribution >= 4 is 41.9 Å². The van der Waals surface area contributed by atoms with Crippen LogP contribution < -0.4 is 0 Å². The highest BCUT2D eigenvalue weighted by Gasteiger charge is 1.76. The van der Waals surface area contributed by atoms with Crippen molar-refractivity contribution < 1.29 is 0 Å². The zero-order valence-electron chi connectivity index (χ0n) is 4.76. The van der Waals surface area contributed by atoms with E-state index < -0.39 is 0 Å². The van der Waals surface area contributed by atoms with Crippen LogP contribution in [0, 0.1) is 0 Å². The summed E-state index contributed by atoms with van der Waals surface area (Å²) in [6.07, 6.45) is 5.48. The summed E-state index contributed by atoms with van der Waals surface area (Å²) in [6, 6.07) is 0. The van der Waals surface area contributed by atoms with E-state index in [0.717, 1.165) is 0 Å². The molecule has 0 aliphatic heterocycles. The summed E-state index contributed by atoms with van der Waals surface area (Å²) >= 11 is 4.07. The molecule has 0 atom stereocenters. The van der Waals surface area contributed by atoms with Crippen LogP contribution in [0.25, 0.3) is 0 Å². The molecule has 0 radical (unpaired) electrons. The molecule has 8 heavy (non-hydrogen) atoms. The minimum Gasteiger partial charge on any atom is -0.138 e. The van der Waals surface area contributed by atoms with Gasteiger partial charge in [0.2, 0.25) is 0 Å².